The predicted molar refractivity (Wildman–Crippen MR) is 137 cm³/mol. The molecular formula is C22H27ClF2N8O4S. The number of ether oxygens (including phenoxy) is 2. The number of hydrogen-bond donors (Lipinski definition) is 0. The lowest BCUT2D eigenvalue weighted by molar-refractivity contribution is 0.122. The van der Waals surface area contributed by atoms with Gasteiger partial charge in [0.2, 0.25) is 27.9 Å². The minimum atomic E-state index is -3.55. The summed E-state index contributed by atoms with van der Waals surface area (Å²) >= 11 is 6.05. The van der Waals surface area contributed by atoms with Gasteiger partial charge in [-0.2, -0.15) is 15.0 Å². The predicted octanol–water partition coefficient (Wildman–Crippen LogP) is 2.38. The first-order valence-corrected chi connectivity index (χ1v) is 14.2. The number of nitrogens with zero attached hydrogens (tertiary/aromatic N) is 8. The lowest BCUT2D eigenvalue weighted by Gasteiger charge is -2.35. The third-order valence-corrected chi connectivity index (χ3v) is 8.49. The highest BCUT2D eigenvalue weighted by atomic mass is 35.5. The average Bonchev–Trinajstić information content (AvgIpc) is 3.33. The topological polar surface area (TPSA) is 119 Å². The highest BCUT2D eigenvalue weighted by Gasteiger charge is 2.32. The minimum absolute atomic E-state index is 0.000209. The number of fused-ring (bicyclic) bond motifs is 1. The molecular weight excluding hydrogens is 546 g/mol. The van der Waals surface area contributed by atoms with Crippen LogP contribution in [0.1, 0.15) is 25.1 Å². The number of hydrogen-bond acceptors (Lipinski definition) is 10. The molecule has 2 aliphatic heterocycles. The van der Waals surface area contributed by atoms with E-state index in [1.807, 2.05) is 9.80 Å². The number of alkyl halides is 2. The number of halogens is 3. The molecule has 0 N–H and O–H groups in total. The molecule has 4 heterocycles. The van der Waals surface area contributed by atoms with Crippen molar-refractivity contribution in [1.29, 1.82) is 0 Å². The molecule has 16 heteroatoms. The molecule has 0 unspecified atom stereocenters. The van der Waals surface area contributed by atoms with Gasteiger partial charge in [-0.3, -0.25) is 4.57 Å². The number of rotatable bonds is 7. The first-order valence-electron chi connectivity index (χ1n) is 12.0. The van der Waals surface area contributed by atoms with E-state index in [1.165, 1.54) is 11.7 Å². The Bertz CT molecular complexity index is 1410. The summed E-state index contributed by atoms with van der Waals surface area (Å²) in [7, 11) is -2.11. The molecule has 0 aliphatic carbocycles. The van der Waals surface area contributed by atoms with Crippen molar-refractivity contribution in [1.82, 2.24) is 28.3 Å². The van der Waals surface area contributed by atoms with E-state index >= 15 is 0 Å². The molecule has 2 aromatic heterocycles. The van der Waals surface area contributed by atoms with Crippen molar-refractivity contribution in [3.63, 3.8) is 0 Å². The Balaban J connectivity index is 1.58. The van der Waals surface area contributed by atoms with Crippen LogP contribution in [0.25, 0.3) is 17.0 Å². The third kappa shape index (κ3) is 5.19. The number of morpholine rings is 1. The fraction of sp³-hybridized carbons (Fsp3) is 0.545. The lowest BCUT2D eigenvalue weighted by atomic mass is 10.1. The third-order valence-electron chi connectivity index (χ3n) is 6.53. The van der Waals surface area contributed by atoms with E-state index in [2.05, 4.69) is 19.9 Å². The second-order valence-electron chi connectivity index (χ2n) is 8.99. The van der Waals surface area contributed by atoms with Crippen LogP contribution in [0, 0.1) is 0 Å². The van der Waals surface area contributed by atoms with Crippen LogP contribution in [-0.4, -0.2) is 95.5 Å². The Hall–Kier alpha value is -2.88. The van der Waals surface area contributed by atoms with Crippen molar-refractivity contribution in [2.24, 2.45) is 0 Å². The van der Waals surface area contributed by atoms with Crippen molar-refractivity contribution in [3.8, 4) is 11.7 Å². The largest absolute Gasteiger partial charge is 0.494 e. The Morgan fingerprint density at radius 2 is 1.63 bits per heavy atom. The van der Waals surface area contributed by atoms with Gasteiger partial charge in [0.1, 0.15) is 11.3 Å². The number of imidazole rings is 1. The van der Waals surface area contributed by atoms with Crippen LogP contribution in [0.15, 0.2) is 18.2 Å². The monoisotopic (exact) mass is 572 g/mol. The van der Waals surface area contributed by atoms with Crippen molar-refractivity contribution >= 4 is 44.7 Å². The minimum Gasteiger partial charge on any atom is -0.494 e. The van der Waals surface area contributed by atoms with Gasteiger partial charge in [0.25, 0.3) is 6.43 Å². The van der Waals surface area contributed by atoms with Crippen molar-refractivity contribution in [2.75, 3.05) is 62.6 Å². The summed E-state index contributed by atoms with van der Waals surface area (Å²) < 4.78 is 65.1. The van der Waals surface area contributed by atoms with Crippen LogP contribution in [0.2, 0.25) is 0 Å². The first kappa shape index (κ1) is 26.7. The van der Waals surface area contributed by atoms with E-state index in [4.69, 9.17) is 21.3 Å². The molecule has 0 saturated carbocycles. The van der Waals surface area contributed by atoms with Gasteiger partial charge in [-0.25, -0.2) is 22.2 Å². The molecule has 2 fully saturated rings. The SMILES string of the molecule is COc1cccc2c1nc(C(F)F)n2-c1nc(N2CCOCC2)nc(N2CCC(N(Cl)S(C)(=O)=O)CC2)n1. The summed E-state index contributed by atoms with van der Waals surface area (Å²) in [6.45, 7) is 2.84. The van der Waals surface area contributed by atoms with E-state index in [9.17, 15) is 17.2 Å². The molecule has 0 radical (unpaired) electrons. The Morgan fingerprint density at radius 3 is 2.21 bits per heavy atom. The van der Waals surface area contributed by atoms with Gasteiger partial charge in [0.05, 0.1) is 32.1 Å². The molecule has 3 aromatic rings. The van der Waals surface area contributed by atoms with E-state index < -0.39 is 22.3 Å². The zero-order chi connectivity index (χ0) is 27.0. The van der Waals surface area contributed by atoms with Gasteiger partial charge >= 0.3 is 0 Å². The molecule has 0 amide bonds. The molecule has 1 aromatic carbocycles. The second kappa shape index (κ2) is 10.7. The number of benzene rings is 1. The Kier molecular flexibility index (Phi) is 7.53. The molecule has 0 bridgehead atoms. The second-order valence-corrected chi connectivity index (χ2v) is 11.4. The molecule has 38 heavy (non-hydrogen) atoms. The lowest BCUT2D eigenvalue weighted by Crippen LogP contribution is -2.44. The van der Waals surface area contributed by atoms with Gasteiger partial charge in [-0.15, -0.1) is 3.82 Å². The van der Waals surface area contributed by atoms with Gasteiger partial charge in [0, 0.05) is 32.2 Å². The van der Waals surface area contributed by atoms with Crippen LogP contribution in [0.4, 0.5) is 20.7 Å². The maximum Gasteiger partial charge on any atom is 0.296 e. The van der Waals surface area contributed by atoms with Crippen LogP contribution in [0.5, 0.6) is 5.75 Å². The molecule has 206 valence electrons. The van der Waals surface area contributed by atoms with Gasteiger partial charge in [0.15, 0.2) is 5.82 Å². The summed E-state index contributed by atoms with van der Waals surface area (Å²) in [5.74, 6) is 0.458. The van der Waals surface area contributed by atoms with Gasteiger partial charge < -0.3 is 19.3 Å². The molecule has 0 spiro atoms. The smallest absolute Gasteiger partial charge is 0.296 e. The number of anilines is 2. The average molecular weight is 573 g/mol. The summed E-state index contributed by atoms with van der Waals surface area (Å²) in [4.78, 5) is 21.8. The number of piperidine rings is 1. The zero-order valence-corrected chi connectivity index (χ0v) is 22.4. The van der Waals surface area contributed by atoms with Crippen LogP contribution >= 0.6 is 11.8 Å². The summed E-state index contributed by atoms with van der Waals surface area (Å²) in [5, 5.41) is 0. The van der Waals surface area contributed by atoms with E-state index in [1.54, 1.807) is 18.2 Å². The van der Waals surface area contributed by atoms with Gasteiger partial charge in [-0.05, 0) is 36.8 Å². The van der Waals surface area contributed by atoms with E-state index in [0.29, 0.717) is 75.4 Å². The highest BCUT2D eigenvalue weighted by molar-refractivity contribution is 7.89. The summed E-state index contributed by atoms with van der Waals surface area (Å²) in [6, 6.07) is 4.61. The molecule has 12 nitrogen and oxygen atoms in total. The fourth-order valence-electron chi connectivity index (χ4n) is 4.64. The summed E-state index contributed by atoms with van der Waals surface area (Å²) in [5.41, 5.74) is 0.637. The molecule has 0 atom stereocenters. The van der Waals surface area contributed by atoms with Crippen LogP contribution < -0.4 is 14.5 Å². The van der Waals surface area contributed by atoms with Crippen LogP contribution in [-0.2, 0) is 14.8 Å². The van der Waals surface area contributed by atoms with Crippen molar-refractivity contribution < 1.29 is 26.7 Å². The number of sulfonamides is 1. The maximum atomic E-state index is 14.2. The molecule has 5 rings (SSSR count). The maximum absolute atomic E-state index is 14.2. The normalized spacial score (nSPS) is 17.7. The van der Waals surface area contributed by atoms with Crippen LogP contribution in [0.3, 0.4) is 0 Å². The summed E-state index contributed by atoms with van der Waals surface area (Å²) in [6.07, 6.45) is -0.958. The number of methoxy groups -OCH3 is 1. The molecule has 2 saturated heterocycles. The number of aromatic nitrogens is 5. The Labute approximate surface area is 223 Å². The van der Waals surface area contributed by atoms with Crippen molar-refractivity contribution in [2.45, 2.75) is 25.3 Å². The highest BCUT2D eigenvalue weighted by Crippen LogP contribution is 2.33. The first-order chi connectivity index (χ1) is 18.2. The number of para-hydroxylation sites is 1. The Morgan fingerprint density at radius 1 is 1.03 bits per heavy atom. The zero-order valence-electron chi connectivity index (χ0n) is 20.8. The van der Waals surface area contributed by atoms with E-state index in [-0.39, 0.29) is 17.5 Å². The quantitative estimate of drug-likeness (QED) is 0.390. The standard InChI is InChI=1S/C22H27ClF2N8O4S/c1-36-16-5-3-4-15-17(16)26-19(18(24)25)32(15)22-28-20(27-21(29-22)31-10-12-37-13-11-31)30-8-6-14(7-9-30)33(23)38(2,34)35/h3-5,14,18H,6-13H2,1-2H3. The van der Waals surface area contributed by atoms with E-state index in [0.717, 1.165) is 10.1 Å². The van der Waals surface area contributed by atoms with Gasteiger partial charge in [-0.1, -0.05) is 6.07 Å². The molecule has 2 aliphatic rings. The fourth-order valence-corrected chi connectivity index (χ4v) is 5.59. The van der Waals surface area contributed by atoms with Crippen molar-refractivity contribution in [3.05, 3.63) is 24.0 Å².